The number of imide groups is 1. The van der Waals surface area contributed by atoms with E-state index in [4.69, 9.17) is 4.74 Å². The Balaban J connectivity index is 1.83. The number of amides is 3. The van der Waals surface area contributed by atoms with E-state index in [9.17, 15) is 14.4 Å². The molecule has 0 aromatic heterocycles. The Labute approximate surface area is 142 Å². The van der Waals surface area contributed by atoms with Gasteiger partial charge >= 0.3 is 12.0 Å². The van der Waals surface area contributed by atoms with E-state index in [1.807, 2.05) is 30.3 Å². The molecular formula is C18H24N2O4. The van der Waals surface area contributed by atoms with Crippen molar-refractivity contribution >= 4 is 17.9 Å². The van der Waals surface area contributed by atoms with Crippen molar-refractivity contribution in [1.29, 1.82) is 0 Å². The molecule has 1 aromatic carbocycles. The highest BCUT2D eigenvalue weighted by Gasteiger charge is 2.39. The van der Waals surface area contributed by atoms with Crippen LogP contribution in [0.15, 0.2) is 30.3 Å². The summed E-state index contributed by atoms with van der Waals surface area (Å²) in [4.78, 5) is 37.2. The fourth-order valence-electron chi connectivity index (χ4n) is 2.56. The van der Waals surface area contributed by atoms with Crippen LogP contribution in [-0.4, -0.2) is 41.0 Å². The second-order valence-corrected chi connectivity index (χ2v) is 6.87. The third-order valence-corrected chi connectivity index (χ3v) is 3.59. The van der Waals surface area contributed by atoms with Crippen LogP contribution in [0.5, 0.6) is 0 Å². The van der Waals surface area contributed by atoms with Crippen LogP contribution in [0.2, 0.25) is 0 Å². The molecule has 0 spiro atoms. The van der Waals surface area contributed by atoms with E-state index >= 15 is 0 Å². The average molecular weight is 332 g/mol. The molecule has 0 aliphatic carbocycles. The van der Waals surface area contributed by atoms with E-state index in [2.05, 4.69) is 5.32 Å². The Morgan fingerprint density at radius 2 is 1.88 bits per heavy atom. The molecule has 0 saturated carbocycles. The number of benzene rings is 1. The molecular weight excluding hydrogens is 308 g/mol. The number of esters is 1. The maximum absolute atomic E-state index is 12.3. The summed E-state index contributed by atoms with van der Waals surface area (Å²) in [6.07, 6.45) is 1.33. The van der Waals surface area contributed by atoms with E-state index in [1.165, 1.54) is 4.90 Å². The fraction of sp³-hybridized carbons (Fsp3) is 0.500. The molecule has 1 aliphatic rings. The number of carbonyl (C=O) groups excluding carboxylic acids is 3. The zero-order valence-corrected chi connectivity index (χ0v) is 14.4. The van der Waals surface area contributed by atoms with Gasteiger partial charge in [0.25, 0.3) is 5.91 Å². The molecule has 2 rings (SSSR count). The second-order valence-electron chi connectivity index (χ2n) is 6.87. The van der Waals surface area contributed by atoms with Gasteiger partial charge in [0.2, 0.25) is 0 Å². The van der Waals surface area contributed by atoms with Crippen molar-refractivity contribution < 1.29 is 19.1 Å². The lowest BCUT2D eigenvalue weighted by molar-refractivity contribution is -0.156. The number of ether oxygens (including phenoxy) is 1. The first kappa shape index (κ1) is 18.0. The normalized spacial score (nSPS) is 17.8. The van der Waals surface area contributed by atoms with Gasteiger partial charge in [-0.15, -0.1) is 0 Å². The van der Waals surface area contributed by atoms with Crippen molar-refractivity contribution in [2.24, 2.45) is 0 Å². The topological polar surface area (TPSA) is 75.7 Å². The van der Waals surface area contributed by atoms with Gasteiger partial charge in [0.05, 0.1) is 6.42 Å². The summed E-state index contributed by atoms with van der Waals surface area (Å²) in [6.45, 7) is 5.62. The lowest BCUT2D eigenvalue weighted by Crippen LogP contribution is -2.35. The van der Waals surface area contributed by atoms with Crippen molar-refractivity contribution in [3.05, 3.63) is 35.9 Å². The zero-order valence-electron chi connectivity index (χ0n) is 14.4. The molecule has 0 bridgehead atoms. The van der Waals surface area contributed by atoms with Crippen LogP contribution in [0.1, 0.15) is 39.2 Å². The number of rotatable bonds is 6. The van der Waals surface area contributed by atoms with Gasteiger partial charge in [0.1, 0.15) is 11.6 Å². The molecule has 1 fully saturated rings. The number of hydrogen-bond donors (Lipinski definition) is 1. The van der Waals surface area contributed by atoms with Gasteiger partial charge in [-0.3, -0.25) is 14.5 Å². The maximum Gasteiger partial charge on any atom is 0.324 e. The summed E-state index contributed by atoms with van der Waals surface area (Å²) in [5.41, 5.74) is 0.549. The SMILES string of the molecule is CC(C)(C)OC(=O)C[C@@H]1NC(=O)N(CCCc2ccccc2)C1=O. The quantitative estimate of drug-likeness (QED) is 0.640. The molecule has 6 heteroatoms. The third-order valence-electron chi connectivity index (χ3n) is 3.59. The van der Waals surface area contributed by atoms with Crippen molar-refractivity contribution in [1.82, 2.24) is 10.2 Å². The van der Waals surface area contributed by atoms with Crippen LogP contribution in [0.25, 0.3) is 0 Å². The molecule has 1 aliphatic heterocycles. The van der Waals surface area contributed by atoms with E-state index in [0.717, 1.165) is 12.0 Å². The molecule has 1 aromatic rings. The molecule has 1 atom stereocenters. The number of urea groups is 1. The zero-order chi connectivity index (χ0) is 17.7. The van der Waals surface area contributed by atoms with Crippen molar-refractivity contribution in [3.63, 3.8) is 0 Å². The first-order chi connectivity index (χ1) is 11.3. The summed E-state index contributed by atoms with van der Waals surface area (Å²) in [5.74, 6) is -0.855. The van der Waals surface area contributed by atoms with Gasteiger partial charge in [-0.05, 0) is 39.2 Å². The lowest BCUT2D eigenvalue weighted by atomic mass is 10.1. The lowest BCUT2D eigenvalue weighted by Gasteiger charge is -2.20. The Bertz CT molecular complexity index is 607. The molecule has 130 valence electrons. The molecule has 6 nitrogen and oxygen atoms in total. The number of nitrogens with zero attached hydrogens (tertiary/aromatic N) is 1. The highest BCUT2D eigenvalue weighted by molar-refractivity contribution is 6.05. The Morgan fingerprint density at radius 1 is 1.21 bits per heavy atom. The van der Waals surface area contributed by atoms with Crippen molar-refractivity contribution in [2.45, 2.75) is 51.7 Å². The third kappa shape index (κ3) is 5.08. The van der Waals surface area contributed by atoms with Gasteiger partial charge < -0.3 is 10.1 Å². The monoisotopic (exact) mass is 332 g/mol. The van der Waals surface area contributed by atoms with E-state index in [0.29, 0.717) is 13.0 Å². The highest BCUT2D eigenvalue weighted by atomic mass is 16.6. The van der Waals surface area contributed by atoms with Crippen LogP contribution >= 0.6 is 0 Å². The second kappa shape index (κ2) is 7.47. The number of nitrogens with one attached hydrogen (secondary N) is 1. The van der Waals surface area contributed by atoms with Crippen LogP contribution in [0.4, 0.5) is 4.79 Å². The van der Waals surface area contributed by atoms with Gasteiger partial charge in [-0.25, -0.2) is 4.79 Å². The van der Waals surface area contributed by atoms with Gasteiger partial charge in [-0.1, -0.05) is 30.3 Å². The smallest absolute Gasteiger partial charge is 0.324 e. The Morgan fingerprint density at radius 3 is 2.50 bits per heavy atom. The minimum Gasteiger partial charge on any atom is -0.460 e. The molecule has 1 N–H and O–H groups in total. The molecule has 3 amide bonds. The molecule has 1 saturated heterocycles. The van der Waals surface area contributed by atoms with E-state index < -0.39 is 23.6 Å². The summed E-state index contributed by atoms with van der Waals surface area (Å²) in [5, 5.41) is 2.56. The van der Waals surface area contributed by atoms with Crippen LogP contribution in [0, 0.1) is 0 Å². The predicted molar refractivity (Wildman–Crippen MR) is 89.3 cm³/mol. The summed E-state index contributed by atoms with van der Waals surface area (Å²) in [6, 6.07) is 8.61. The number of hydrogen-bond acceptors (Lipinski definition) is 4. The molecule has 24 heavy (non-hydrogen) atoms. The first-order valence-corrected chi connectivity index (χ1v) is 8.14. The molecule has 0 unspecified atom stereocenters. The van der Waals surface area contributed by atoms with Crippen LogP contribution < -0.4 is 5.32 Å². The summed E-state index contributed by atoms with van der Waals surface area (Å²) < 4.78 is 5.20. The van der Waals surface area contributed by atoms with Crippen LogP contribution in [-0.2, 0) is 20.7 Å². The minimum atomic E-state index is -0.830. The maximum atomic E-state index is 12.3. The standard InChI is InChI=1S/C18H24N2O4/c1-18(2,3)24-15(21)12-14-16(22)20(17(23)19-14)11-7-10-13-8-5-4-6-9-13/h4-6,8-9,14H,7,10-12H2,1-3H3,(H,19,23)/t14-/m0/s1. The van der Waals surface area contributed by atoms with Crippen molar-refractivity contribution in [2.75, 3.05) is 6.54 Å². The largest absolute Gasteiger partial charge is 0.460 e. The fourth-order valence-corrected chi connectivity index (χ4v) is 2.56. The van der Waals surface area contributed by atoms with E-state index in [-0.39, 0.29) is 12.3 Å². The summed E-state index contributed by atoms with van der Waals surface area (Å²) >= 11 is 0. The van der Waals surface area contributed by atoms with Crippen LogP contribution in [0.3, 0.4) is 0 Å². The van der Waals surface area contributed by atoms with E-state index in [1.54, 1.807) is 20.8 Å². The summed E-state index contributed by atoms with van der Waals surface area (Å²) in [7, 11) is 0. The van der Waals surface area contributed by atoms with Gasteiger partial charge in [0, 0.05) is 6.54 Å². The van der Waals surface area contributed by atoms with Gasteiger partial charge in [0.15, 0.2) is 0 Å². The van der Waals surface area contributed by atoms with Gasteiger partial charge in [-0.2, -0.15) is 0 Å². The highest BCUT2D eigenvalue weighted by Crippen LogP contribution is 2.15. The predicted octanol–water partition coefficient (Wildman–Crippen LogP) is 2.27. The minimum absolute atomic E-state index is 0.142. The molecule has 0 radical (unpaired) electrons. The molecule has 1 heterocycles. The Hall–Kier alpha value is -2.37. The number of aryl methyl sites for hydroxylation is 1. The van der Waals surface area contributed by atoms with Crippen molar-refractivity contribution in [3.8, 4) is 0 Å². The average Bonchev–Trinajstić information content (AvgIpc) is 2.73. The first-order valence-electron chi connectivity index (χ1n) is 8.14. The number of carbonyl (C=O) groups is 3. The Kier molecular flexibility index (Phi) is 5.59.